The molecular weight excluding hydrogens is 262 g/mol. The van der Waals surface area contributed by atoms with E-state index in [1.54, 1.807) is 7.05 Å². The lowest BCUT2D eigenvalue weighted by atomic mass is 10.1. The van der Waals surface area contributed by atoms with Crippen molar-refractivity contribution in [1.82, 2.24) is 20.4 Å². The highest BCUT2D eigenvalue weighted by Gasteiger charge is 2.50. The standard InChI is InChI=1S/C12H21N5O3/c1-7(2)17-8-9(14-11(17)13-5-4-6-18)16(3)12(20)15-10(8)19/h7-9,18H,4-6H2,1-3H3,(H,13,14)(H,15,19,20). The second-order valence-electron chi connectivity index (χ2n) is 5.22. The number of likely N-dealkylation sites (N-methyl/N-ethyl adjacent to an activating group) is 1. The molecule has 8 heteroatoms. The third kappa shape index (κ3) is 2.43. The number of urea groups is 1. The maximum absolute atomic E-state index is 12.1. The van der Waals surface area contributed by atoms with Crippen LogP contribution in [-0.4, -0.2) is 71.3 Å². The van der Waals surface area contributed by atoms with E-state index in [-0.39, 0.29) is 18.6 Å². The molecule has 2 rings (SSSR count). The average Bonchev–Trinajstić information content (AvgIpc) is 2.76. The van der Waals surface area contributed by atoms with Gasteiger partial charge in [-0.1, -0.05) is 0 Å². The molecule has 2 atom stereocenters. The van der Waals surface area contributed by atoms with Crippen molar-refractivity contribution in [1.29, 1.82) is 0 Å². The van der Waals surface area contributed by atoms with Crippen molar-refractivity contribution in [2.75, 3.05) is 20.2 Å². The molecule has 0 spiro atoms. The molecular formula is C12H21N5O3. The van der Waals surface area contributed by atoms with E-state index in [9.17, 15) is 9.59 Å². The first-order valence-electron chi connectivity index (χ1n) is 6.75. The van der Waals surface area contributed by atoms with Gasteiger partial charge < -0.3 is 20.2 Å². The summed E-state index contributed by atoms with van der Waals surface area (Å²) in [5.74, 6) is 0.284. The van der Waals surface area contributed by atoms with Crippen LogP contribution < -0.4 is 10.6 Å². The summed E-state index contributed by atoms with van der Waals surface area (Å²) >= 11 is 0. The van der Waals surface area contributed by atoms with Crippen LogP contribution in [0.2, 0.25) is 0 Å². The Balaban J connectivity index is 2.27. The summed E-state index contributed by atoms with van der Waals surface area (Å²) in [7, 11) is 1.64. The van der Waals surface area contributed by atoms with E-state index in [1.165, 1.54) is 4.90 Å². The fourth-order valence-corrected chi connectivity index (χ4v) is 2.49. The fourth-order valence-electron chi connectivity index (χ4n) is 2.49. The Bertz CT molecular complexity index is 437. The number of hydrogen-bond donors (Lipinski definition) is 3. The zero-order chi connectivity index (χ0) is 14.9. The SMILES string of the molecule is CC(C)N1C(=NCCCO)NC2C1C(=O)NC(=O)N2C. The van der Waals surface area contributed by atoms with Gasteiger partial charge in [-0.2, -0.15) is 0 Å². The smallest absolute Gasteiger partial charge is 0.325 e. The summed E-state index contributed by atoms with van der Waals surface area (Å²) in [6, 6.07) is -0.827. The number of aliphatic hydroxyl groups is 1. The minimum Gasteiger partial charge on any atom is -0.396 e. The van der Waals surface area contributed by atoms with E-state index in [0.717, 1.165) is 0 Å². The molecule has 0 aromatic heterocycles. The number of carbonyl (C=O) groups excluding carboxylic acids is 2. The van der Waals surface area contributed by atoms with Gasteiger partial charge in [0, 0.05) is 26.2 Å². The molecule has 2 unspecified atom stereocenters. The zero-order valence-electron chi connectivity index (χ0n) is 12.0. The first-order chi connectivity index (χ1) is 9.47. The van der Waals surface area contributed by atoms with Crippen molar-refractivity contribution in [2.45, 2.75) is 38.5 Å². The molecule has 3 amide bonds. The van der Waals surface area contributed by atoms with Crippen LogP contribution in [0, 0.1) is 0 Å². The van der Waals surface area contributed by atoms with Crippen molar-refractivity contribution in [3.8, 4) is 0 Å². The molecule has 0 radical (unpaired) electrons. The number of hydrogen-bond acceptors (Lipinski definition) is 4. The van der Waals surface area contributed by atoms with E-state index in [1.807, 2.05) is 18.7 Å². The zero-order valence-corrected chi connectivity index (χ0v) is 12.0. The van der Waals surface area contributed by atoms with Crippen molar-refractivity contribution >= 4 is 17.9 Å². The Morgan fingerprint density at radius 1 is 1.40 bits per heavy atom. The highest BCUT2D eigenvalue weighted by molar-refractivity contribution is 6.04. The largest absolute Gasteiger partial charge is 0.396 e. The molecule has 2 saturated heterocycles. The monoisotopic (exact) mass is 283 g/mol. The molecule has 3 N–H and O–H groups in total. The molecule has 8 nitrogen and oxygen atoms in total. The highest BCUT2D eigenvalue weighted by Crippen LogP contribution is 2.22. The summed E-state index contributed by atoms with van der Waals surface area (Å²) in [6.07, 6.45) is 0.152. The van der Waals surface area contributed by atoms with E-state index in [2.05, 4.69) is 15.6 Å². The number of carbonyl (C=O) groups is 2. The van der Waals surface area contributed by atoms with Crippen molar-refractivity contribution < 1.29 is 14.7 Å². The van der Waals surface area contributed by atoms with Crippen LogP contribution in [0.25, 0.3) is 0 Å². The number of amides is 3. The number of nitrogens with one attached hydrogen (secondary N) is 2. The summed E-state index contributed by atoms with van der Waals surface area (Å²) in [6.45, 7) is 4.48. The number of aliphatic imine (C=N–C) groups is 1. The quantitative estimate of drug-likeness (QED) is 0.570. The minimum atomic E-state index is -0.481. The molecule has 2 aliphatic heterocycles. The van der Waals surface area contributed by atoms with Gasteiger partial charge in [-0.15, -0.1) is 0 Å². The number of nitrogens with zero attached hydrogens (tertiary/aromatic N) is 3. The Morgan fingerprint density at radius 3 is 2.70 bits per heavy atom. The molecule has 2 heterocycles. The van der Waals surface area contributed by atoms with Gasteiger partial charge in [0.25, 0.3) is 5.91 Å². The third-order valence-corrected chi connectivity index (χ3v) is 3.49. The van der Waals surface area contributed by atoms with Gasteiger partial charge in [0.05, 0.1) is 0 Å². The second-order valence-corrected chi connectivity index (χ2v) is 5.22. The number of rotatable bonds is 4. The summed E-state index contributed by atoms with van der Waals surface area (Å²) in [5.41, 5.74) is 0. The van der Waals surface area contributed by atoms with E-state index >= 15 is 0 Å². The maximum atomic E-state index is 12.1. The Morgan fingerprint density at radius 2 is 2.10 bits per heavy atom. The van der Waals surface area contributed by atoms with Gasteiger partial charge >= 0.3 is 6.03 Å². The molecule has 0 aromatic rings. The van der Waals surface area contributed by atoms with Gasteiger partial charge in [0.15, 0.2) is 12.0 Å². The predicted molar refractivity (Wildman–Crippen MR) is 73.0 cm³/mol. The topological polar surface area (TPSA) is 97.3 Å². The van der Waals surface area contributed by atoms with Gasteiger partial charge in [0.1, 0.15) is 6.17 Å². The van der Waals surface area contributed by atoms with Crippen molar-refractivity contribution in [2.24, 2.45) is 4.99 Å². The van der Waals surface area contributed by atoms with Crippen LogP contribution in [0.5, 0.6) is 0 Å². The molecule has 0 bridgehead atoms. The van der Waals surface area contributed by atoms with Gasteiger partial charge in [0.2, 0.25) is 0 Å². The molecule has 112 valence electrons. The van der Waals surface area contributed by atoms with E-state index < -0.39 is 18.2 Å². The van der Waals surface area contributed by atoms with Crippen LogP contribution in [0.3, 0.4) is 0 Å². The Hall–Kier alpha value is -1.83. The lowest BCUT2D eigenvalue weighted by molar-refractivity contribution is -0.127. The van der Waals surface area contributed by atoms with Gasteiger partial charge in [-0.05, 0) is 20.3 Å². The van der Waals surface area contributed by atoms with Crippen molar-refractivity contribution in [3.05, 3.63) is 0 Å². The molecule has 20 heavy (non-hydrogen) atoms. The van der Waals surface area contributed by atoms with Crippen LogP contribution in [-0.2, 0) is 4.79 Å². The minimum absolute atomic E-state index is 0.0673. The summed E-state index contributed by atoms with van der Waals surface area (Å²) < 4.78 is 0. The van der Waals surface area contributed by atoms with Crippen LogP contribution in [0.15, 0.2) is 4.99 Å². The molecule has 0 saturated carbocycles. The van der Waals surface area contributed by atoms with Crippen LogP contribution in [0.1, 0.15) is 20.3 Å². The molecule has 0 aliphatic carbocycles. The van der Waals surface area contributed by atoms with E-state index in [4.69, 9.17) is 5.11 Å². The Kier molecular flexibility index (Phi) is 4.12. The van der Waals surface area contributed by atoms with Gasteiger partial charge in [-0.25, -0.2) is 4.79 Å². The van der Waals surface area contributed by atoms with Crippen LogP contribution in [0.4, 0.5) is 4.79 Å². The number of fused-ring (bicyclic) bond motifs is 1. The fraction of sp³-hybridized carbons (Fsp3) is 0.750. The number of aliphatic hydroxyl groups excluding tert-OH is 1. The highest BCUT2D eigenvalue weighted by atomic mass is 16.3. The first kappa shape index (κ1) is 14.6. The second kappa shape index (κ2) is 5.66. The third-order valence-electron chi connectivity index (χ3n) is 3.49. The van der Waals surface area contributed by atoms with Crippen LogP contribution >= 0.6 is 0 Å². The normalized spacial score (nSPS) is 27.9. The Labute approximate surface area is 117 Å². The predicted octanol–water partition coefficient (Wildman–Crippen LogP) is -1.09. The van der Waals surface area contributed by atoms with E-state index in [0.29, 0.717) is 18.9 Å². The molecule has 2 aliphatic rings. The lowest BCUT2D eigenvalue weighted by Crippen LogP contribution is -2.65. The summed E-state index contributed by atoms with van der Waals surface area (Å²) in [4.78, 5) is 31.5. The van der Waals surface area contributed by atoms with Crippen molar-refractivity contribution in [3.63, 3.8) is 0 Å². The molecule has 0 aromatic carbocycles. The summed E-state index contributed by atoms with van der Waals surface area (Å²) in [5, 5.41) is 14.3. The van der Waals surface area contributed by atoms with Gasteiger partial charge in [-0.3, -0.25) is 15.1 Å². The maximum Gasteiger partial charge on any atom is 0.325 e. The average molecular weight is 283 g/mol. The first-order valence-corrected chi connectivity index (χ1v) is 6.75. The number of imide groups is 1. The lowest BCUT2D eigenvalue weighted by Gasteiger charge is -2.36. The molecule has 2 fully saturated rings. The number of guanidine groups is 1.